The Labute approximate surface area is 154 Å². The minimum Gasteiger partial charge on any atom is -0.382 e. The molecule has 2 N–H and O–H groups in total. The lowest BCUT2D eigenvalue weighted by atomic mass is 9.99. The molecule has 2 aromatic carbocycles. The Hall–Kier alpha value is -1.96. The van der Waals surface area contributed by atoms with Crippen LogP contribution in [0.5, 0.6) is 0 Å². The molecule has 0 aliphatic carbocycles. The van der Waals surface area contributed by atoms with E-state index in [1.807, 2.05) is 0 Å². The van der Waals surface area contributed by atoms with Gasteiger partial charge in [-0.25, -0.2) is 0 Å². The van der Waals surface area contributed by atoms with Crippen LogP contribution in [0.1, 0.15) is 62.8 Å². The number of rotatable bonds is 8. The Morgan fingerprint density at radius 2 is 1.12 bits per heavy atom. The summed E-state index contributed by atoms with van der Waals surface area (Å²) in [7, 11) is 0. The zero-order valence-corrected chi connectivity index (χ0v) is 16.7. The molecular formula is C23H34N2. The average molecular weight is 339 g/mol. The standard InChI is InChI=1S/C23H34N2/c1-7-18(5)24-22-11-9-20(13-16(22)3)15-21-10-12-23(17(4)14-21)25-19(6)8-2/h9-14,18-19,24-25H,7-8,15H2,1-6H3. The molecule has 0 aromatic heterocycles. The van der Waals surface area contributed by atoms with Crippen LogP contribution in [-0.2, 0) is 6.42 Å². The van der Waals surface area contributed by atoms with Crippen molar-refractivity contribution in [2.24, 2.45) is 0 Å². The van der Waals surface area contributed by atoms with Crippen LogP contribution in [0.4, 0.5) is 11.4 Å². The molecule has 2 atom stereocenters. The van der Waals surface area contributed by atoms with Gasteiger partial charge in [-0.05, 0) is 81.3 Å². The summed E-state index contributed by atoms with van der Waals surface area (Å²) in [5, 5.41) is 7.17. The minimum atomic E-state index is 0.512. The van der Waals surface area contributed by atoms with Crippen molar-refractivity contribution in [3.05, 3.63) is 58.7 Å². The quantitative estimate of drug-likeness (QED) is 0.589. The van der Waals surface area contributed by atoms with Crippen LogP contribution in [0, 0.1) is 13.8 Å². The number of benzene rings is 2. The van der Waals surface area contributed by atoms with Gasteiger partial charge in [0.15, 0.2) is 0 Å². The molecule has 25 heavy (non-hydrogen) atoms. The lowest BCUT2D eigenvalue weighted by Crippen LogP contribution is -2.14. The Kier molecular flexibility index (Phi) is 6.92. The van der Waals surface area contributed by atoms with Crippen LogP contribution in [0.15, 0.2) is 36.4 Å². The highest BCUT2D eigenvalue weighted by Crippen LogP contribution is 2.23. The first-order chi connectivity index (χ1) is 11.9. The number of anilines is 2. The van der Waals surface area contributed by atoms with Gasteiger partial charge in [-0.3, -0.25) is 0 Å². The molecule has 0 amide bonds. The molecule has 2 rings (SSSR count). The fraction of sp³-hybridized carbons (Fsp3) is 0.478. The Morgan fingerprint density at radius 1 is 0.720 bits per heavy atom. The average Bonchev–Trinajstić information content (AvgIpc) is 2.59. The van der Waals surface area contributed by atoms with Crippen LogP contribution in [0.2, 0.25) is 0 Å². The largest absolute Gasteiger partial charge is 0.382 e. The van der Waals surface area contributed by atoms with Crippen molar-refractivity contribution in [1.82, 2.24) is 0 Å². The van der Waals surface area contributed by atoms with Crippen molar-refractivity contribution in [2.75, 3.05) is 10.6 Å². The first kappa shape index (κ1) is 19.4. The predicted molar refractivity (Wildman–Crippen MR) is 112 cm³/mol. The number of hydrogen-bond donors (Lipinski definition) is 2. The Balaban J connectivity index is 2.09. The normalized spacial score (nSPS) is 13.4. The second-order valence-corrected chi connectivity index (χ2v) is 7.38. The van der Waals surface area contributed by atoms with Gasteiger partial charge in [0.2, 0.25) is 0 Å². The van der Waals surface area contributed by atoms with E-state index in [4.69, 9.17) is 0 Å². The van der Waals surface area contributed by atoms with Gasteiger partial charge in [0.1, 0.15) is 0 Å². The first-order valence-electron chi connectivity index (χ1n) is 9.65. The van der Waals surface area contributed by atoms with Gasteiger partial charge < -0.3 is 10.6 Å². The molecule has 0 spiro atoms. The molecule has 0 fully saturated rings. The maximum atomic E-state index is 3.58. The fourth-order valence-electron chi connectivity index (χ4n) is 2.97. The zero-order valence-electron chi connectivity index (χ0n) is 16.7. The highest BCUT2D eigenvalue weighted by atomic mass is 14.9. The highest BCUT2D eigenvalue weighted by Gasteiger charge is 2.06. The Morgan fingerprint density at radius 3 is 1.44 bits per heavy atom. The van der Waals surface area contributed by atoms with Crippen molar-refractivity contribution in [3.63, 3.8) is 0 Å². The maximum absolute atomic E-state index is 3.58. The van der Waals surface area contributed by atoms with E-state index in [1.54, 1.807) is 0 Å². The SMILES string of the molecule is CCC(C)Nc1ccc(Cc2ccc(NC(C)CC)c(C)c2)cc1C. The van der Waals surface area contributed by atoms with E-state index in [-0.39, 0.29) is 0 Å². The summed E-state index contributed by atoms with van der Waals surface area (Å²) in [5.74, 6) is 0. The summed E-state index contributed by atoms with van der Waals surface area (Å²) in [6.45, 7) is 13.3. The fourth-order valence-corrected chi connectivity index (χ4v) is 2.97. The number of hydrogen-bond acceptors (Lipinski definition) is 2. The van der Waals surface area contributed by atoms with Crippen LogP contribution >= 0.6 is 0 Å². The molecule has 2 aromatic rings. The molecule has 2 nitrogen and oxygen atoms in total. The molecule has 0 radical (unpaired) electrons. The summed E-state index contributed by atoms with van der Waals surface area (Å²) in [6.07, 6.45) is 3.25. The van der Waals surface area contributed by atoms with Gasteiger partial charge in [-0.2, -0.15) is 0 Å². The molecule has 0 heterocycles. The van der Waals surface area contributed by atoms with Gasteiger partial charge >= 0.3 is 0 Å². The molecule has 0 saturated carbocycles. The molecule has 2 unspecified atom stereocenters. The smallest absolute Gasteiger partial charge is 0.0372 e. The lowest BCUT2D eigenvalue weighted by molar-refractivity contribution is 0.763. The molecule has 0 aliphatic rings. The van der Waals surface area contributed by atoms with E-state index in [2.05, 4.69) is 88.6 Å². The molecule has 2 heteroatoms. The van der Waals surface area contributed by atoms with E-state index in [1.165, 1.54) is 33.6 Å². The van der Waals surface area contributed by atoms with E-state index < -0.39 is 0 Å². The van der Waals surface area contributed by atoms with Gasteiger partial charge in [0, 0.05) is 23.5 Å². The van der Waals surface area contributed by atoms with E-state index >= 15 is 0 Å². The van der Waals surface area contributed by atoms with E-state index in [9.17, 15) is 0 Å². The lowest BCUT2D eigenvalue weighted by Gasteiger charge is -2.17. The van der Waals surface area contributed by atoms with Crippen LogP contribution in [-0.4, -0.2) is 12.1 Å². The minimum absolute atomic E-state index is 0.512. The van der Waals surface area contributed by atoms with Crippen molar-refractivity contribution in [2.45, 2.75) is 72.9 Å². The van der Waals surface area contributed by atoms with Crippen LogP contribution in [0.3, 0.4) is 0 Å². The zero-order chi connectivity index (χ0) is 18.4. The topological polar surface area (TPSA) is 24.1 Å². The summed E-state index contributed by atoms with van der Waals surface area (Å²) in [6, 6.07) is 14.6. The van der Waals surface area contributed by atoms with Crippen molar-refractivity contribution >= 4 is 11.4 Å². The summed E-state index contributed by atoms with van der Waals surface area (Å²) < 4.78 is 0. The number of aryl methyl sites for hydroxylation is 2. The third kappa shape index (κ3) is 5.52. The molecule has 0 bridgehead atoms. The molecule has 0 aliphatic heterocycles. The van der Waals surface area contributed by atoms with Gasteiger partial charge in [-0.1, -0.05) is 38.1 Å². The highest BCUT2D eigenvalue weighted by molar-refractivity contribution is 5.55. The monoisotopic (exact) mass is 338 g/mol. The second-order valence-electron chi connectivity index (χ2n) is 7.38. The third-order valence-corrected chi connectivity index (χ3v) is 5.02. The molecular weight excluding hydrogens is 304 g/mol. The van der Waals surface area contributed by atoms with Crippen LogP contribution in [0.25, 0.3) is 0 Å². The number of nitrogens with one attached hydrogen (secondary N) is 2. The molecule has 136 valence electrons. The van der Waals surface area contributed by atoms with Gasteiger partial charge in [-0.15, -0.1) is 0 Å². The van der Waals surface area contributed by atoms with E-state index in [0.717, 1.165) is 19.3 Å². The second kappa shape index (κ2) is 8.94. The summed E-state index contributed by atoms with van der Waals surface area (Å²) in [5.41, 5.74) is 7.89. The Bertz CT molecular complexity index is 631. The van der Waals surface area contributed by atoms with Gasteiger partial charge in [0.25, 0.3) is 0 Å². The van der Waals surface area contributed by atoms with E-state index in [0.29, 0.717) is 12.1 Å². The van der Waals surface area contributed by atoms with Gasteiger partial charge in [0.05, 0.1) is 0 Å². The summed E-state index contributed by atoms with van der Waals surface area (Å²) >= 11 is 0. The van der Waals surface area contributed by atoms with Crippen LogP contribution < -0.4 is 10.6 Å². The maximum Gasteiger partial charge on any atom is 0.0372 e. The van der Waals surface area contributed by atoms with Crippen molar-refractivity contribution in [3.8, 4) is 0 Å². The van der Waals surface area contributed by atoms with Crippen molar-refractivity contribution < 1.29 is 0 Å². The summed E-state index contributed by atoms with van der Waals surface area (Å²) in [4.78, 5) is 0. The first-order valence-corrected chi connectivity index (χ1v) is 9.65. The third-order valence-electron chi connectivity index (χ3n) is 5.02. The molecule has 0 saturated heterocycles. The van der Waals surface area contributed by atoms with Crippen molar-refractivity contribution in [1.29, 1.82) is 0 Å². The predicted octanol–water partition coefficient (Wildman–Crippen LogP) is 6.32.